The molecule has 1 aromatic rings. The van der Waals surface area contributed by atoms with Gasteiger partial charge in [0.1, 0.15) is 5.54 Å². The smallest absolute Gasteiger partial charge is 0.328 e. The highest BCUT2D eigenvalue weighted by Gasteiger charge is 2.70. The molecule has 2 aliphatic rings. The average Bonchev–Trinajstić information content (AvgIpc) is 3.08. The second-order valence-electron chi connectivity index (χ2n) is 6.09. The lowest BCUT2D eigenvalue weighted by Gasteiger charge is -2.22. The van der Waals surface area contributed by atoms with E-state index in [1.807, 2.05) is 0 Å². The molecule has 1 unspecified atom stereocenters. The van der Waals surface area contributed by atoms with E-state index in [4.69, 9.17) is 4.74 Å². The van der Waals surface area contributed by atoms with Crippen molar-refractivity contribution in [1.82, 2.24) is 4.90 Å². The minimum absolute atomic E-state index is 0.102. The van der Waals surface area contributed by atoms with Crippen LogP contribution >= 0.6 is 0 Å². The molecule has 0 amide bonds. The van der Waals surface area contributed by atoms with Crippen LogP contribution in [-0.2, 0) is 9.53 Å². The third kappa shape index (κ3) is 1.73. The number of carbonyl (C=O) groups is 1. The molecule has 0 N–H and O–H groups in total. The quantitative estimate of drug-likeness (QED) is 0.470. The summed E-state index contributed by atoms with van der Waals surface area (Å²) in [6, 6.07) is 8.64. The number of benzene rings is 1. The van der Waals surface area contributed by atoms with Gasteiger partial charge in [0.2, 0.25) is 0 Å². The summed E-state index contributed by atoms with van der Waals surface area (Å²) in [6.45, 7) is 7.22. The van der Waals surface area contributed by atoms with E-state index in [9.17, 15) is 4.79 Å². The Balaban J connectivity index is 1.98. The van der Waals surface area contributed by atoms with Crippen LogP contribution in [0.4, 0.5) is 0 Å². The number of carbonyl (C=O) groups excluding carboxylic acids is 1. The van der Waals surface area contributed by atoms with E-state index in [1.54, 1.807) is 0 Å². The van der Waals surface area contributed by atoms with Gasteiger partial charge in [-0.05, 0) is 32.8 Å². The topological polar surface area (TPSA) is 29.3 Å². The SMILES string of the molecule is COC(=O)[C@]12CC(C)=C(C)CN1[C@@H]2c1ccc(C)cc1. The number of methoxy groups -OCH3 is 1. The molecule has 0 radical (unpaired) electrons. The number of esters is 1. The first-order valence-electron chi connectivity index (χ1n) is 7.07. The van der Waals surface area contributed by atoms with E-state index in [2.05, 4.69) is 49.9 Å². The molecule has 0 aromatic heterocycles. The van der Waals surface area contributed by atoms with Gasteiger partial charge in [0, 0.05) is 6.54 Å². The van der Waals surface area contributed by atoms with Crippen molar-refractivity contribution in [3.8, 4) is 0 Å². The van der Waals surface area contributed by atoms with Crippen molar-refractivity contribution in [2.75, 3.05) is 13.7 Å². The van der Waals surface area contributed by atoms with Crippen LogP contribution in [0, 0.1) is 6.92 Å². The van der Waals surface area contributed by atoms with Gasteiger partial charge < -0.3 is 4.74 Å². The van der Waals surface area contributed by atoms with Crippen molar-refractivity contribution in [3.63, 3.8) is 0 Å². The summed E-state index contributed by atoms with van der Waals surface area (Å²) in [5.74, 6) is -0.102. The fourth-order valence-electron chi connectivity index (χ4n) is 3.45. The molecule has 106 valence electrons. The maximum atomic E-state index is 12.3. The van der Waals surface area contributed by atoms with E-state index in [0.717, 1.165) is 13.0 Å². The van der Waals surface area contributed by atoms with Crippen molar-refractivity contribution < 1.29 is 9.53 Å². The Morgan fingerprint density at radius 3 is 2.45 bits per heavy atom. The summed E-state index contributed by atoms with van der Waals surface area (Å²) >= 11 is 0. The lowest BCUT2D eigenvalue weighted by atomic mass is 9.89. The van der Waals surface area contributed by atoms with Crippen LogP contribution in [-0.4, -0.2) is 30.1 Å². The van der Waals surface area contributed by atoms with Crippen LogP contribution in [0.25, 0.3) is 0 Å². The molecule has 3 heteroatoms. The zero-order valence-electron chi connectivity index (χ0n) is 12.6. The fraction of sp³-hybridized carbons (Fsp3) is 0.471. The molecule has 0 bridgehead atoms. The van der Waals surface area contributed by atoms with Gasteiger partial charge in [0.15, 0.2) is 0 Å². The zero-order chi connectivity index (χ0) is 14.5. The summed E-state index contributed by atoms with van der Waals surface area (Å²) in [7, 11) is 1.49. The number of aryl methyl sites for hydroxylation is 1. The Bertz CT molecular complexity index is 588. The van der Waals surface area contributed by atoms with Crippen LogP contribution in [0.3, 0.4) is 0 Å². The predicted molar refractivity (Wildman–Crippen MR) is 78.4 cm³/mol. The maximum absolute atomic E-state index is 12.3. The van der Waals surface area contributed by atoms with Gasteiger partial charge in [-0.3, -0.25) is 4.90 Å². The second-order valence-corrected chi connectivity index (χ2v) is 6.09. The van der Waals surface area contributed by atoms with Gasteiger partial charge in [0.05, 0.1) is 13.2 Å². The molecule has 1 saturated heterocycles. The molecule has 2 aliphatic heterocycles. The van der Waals surface area contributed by atoms with Gasteiger partial charge in [-0.2, -0.15) is 0 Å². The summed E-state index contributed by atoms with van der Waals surface area (Å²) in [5, 5.41) is 0. The van der Waals surface area contributed by atoms with Gasteiger partial charge in [0.25, 0.3) is 0 Å². The van der Waals surface area contributed by atoms with E-state index < -0.39 is 5.54 Å². The summed E-state index contributed by atoms with van der Waals surface area (Å²) in [6.07, 6.45) is 0.782. The minimum Gasteiger partial charge on any atom is -0.468 e. The summed E-state index contributed by atoms with van der Waals surface area (Å²) in [5.41, 5.74) is 4.68. The van der Waals surface area contributed by atoms with Crippen LogP contribution in [0.15, 0.2) is 35.4 Å². The number of nitrogens with zero attached hydrogens (tertiary/aromatic N) is 1. The fourth-order valence-corrected chi connectivity index (χ4v) is 3.45. The standard InChI is InChI=1S/C17H21NO2/c1-11-5-7-14(8-6-11)15-17(16(19)20-4)9-12(2)13(3)10-18(15)17/h5-8,15H,9-10H2,1-4H3/t15-,17-,18?/m1/s1. The van der Waals surface area contributed by atoms with Crippen LogP contribution in [0.1, 0.15) is 37.4 Å². The third-order valence-corrected chi connectivity index (χ3v) is 4.81. The Labute approximate surface area is 120 Å². The molecule has 2 heterocycles. The normalized spacial score (nSPS) is 31.8. The van der Waals surface area contributed by atoms with Crippen molar-refractivity contribution in [1.29, 1.82) is 0 Å². The van der Waals surface area contributed by atoms with Gasteiger partial charge >= 0.3 is 5.97 Å². The highest BCUT2D eigenvalue weighted by Crippen LogP contribution is 2.59. The molecule has 0 spiro atoms. The van der Waals surface area contributed by atoms with Gasteiger partial charge in [-0.15, -0.1) is 0 Å². The second kappa shape index (κ2) is 4.45. The largest absolute Gasteiger partial charge is 0.468 e. The van der Waals surface area contributed by atoms with E-state index in [-0.39, 0.29) is 12.0 Å². The van der Waals surface area contributed by atoms with Gasteiger partial charge in [-0.1, -0.05) is 41.0 Å². The molecular formula is C17H21NO2. The Morgan fingerprint density at radius 2 is 1.85 bits per heavy atom. The Hall–Kier alpha value is -1.61. The monoisotopic (exact) mass is 271 g/mol. The first-order valence-corrected chi connectivity index (χ1v) is 7.07. The van der Waals surface area contributed by atoms with Crippen LogP contribution in [0.5, 0.6) is 0 Å². The Kier molecular flexibility index (Phi) is 2.98. The molecule has 1 fully saturated rings. The molecule has 3 nitrogen and oxygen atoms in total. The third-order valence-electron chi connectivity index (χ3n) is 4.81. The molecule has 20 heavy (non-hydrogen) atoms. The van der Waals surface area contributed by atoms with Crippen molar-refractivity contribution >= 4 is 5.97 Å². The number of rotatable bonds is 2. The van der Waals surface area contributed by atoms with Gasteiger partial charge in [-0.25, -0.2) is 4.79 Å². The molecular weight excluding hydrogens is 250 g/mol. The lowest BCUT2D eigenvalue weighted by Crippen LogP contribution is -2.35. The first kappa shape index (κ1) is 13.4. The minimum atomic E-state index is -0.465. The molecule has 1 aromatic carbocycles. The Morgan fingerprint density at radius 1 is 1.20 bits per heavy atom. The first-order chi connectivity index (χ1) is 9.50. The number of hydrogen-bond donors (Lipinski definition) is 0. The summed E-state index contributed by atoms with van der Waals surface area (Å²) in [4.78, 5) is 14.6. The van der Waals surface area contributed by atoms with E-state index in [1.165, 1.54) is 29.4 Å². The van der Waals surface area contributed by atoms with Crippen LogP contribution < -0.4 is 0 Å². The number of fused-ring (bicyclic) bond motifs is 1. The zero-order valence-corrected chi connectivity index (χ0v) is 12.6. The number of ether oxygens (including phenoxy) is 1. The molecule has 3 rings (SSSR count). The predicted octanol–water partition coefficient (Wildman–Crippen LogP) is 3.00. The number of hydrogen-bond acceptors (Lipinski definition) is 3. The maximum Gasteiger partial charge on any atom is 0.328 e. The molecule has 0 aliphatic carbocycles. The van der Waals surface area contributed by atoms with Crippen LogP contribution in [0.2, 0.25) is 0 Å². The lowest BCUT2D eigenvalue weighted by molar-refractivity contribution is -0.145. The van der Waals surface area contributed by atoms with E-state index in [0.29, 0.717) is 0 Å². The van der Waals surface area contributed by atoms with Crippen molar-refractivity contribution in [3.05, 3.63) is 46.5 Å². The van der Waals surface area contributed by atoms with Crippen molar-refractivity contribution in [2.24, 2.45) is 0 Å². The van der Waals surface area contributed by atoms with E-state index >= 15 is 0 Å². The summed E-state index contributed by atoms with van der Waals surface area (Å²) < 4.78 is 5.09. The molecule has 0 saturated carbocycles. The highest BCUT2D eigenvalue weighted by atomic mass is 16.5. The van der Waals surface area contributed by atoms with Crippen molar-refractivity contribution in [2.45, 2.75) is 38.8 Å². The highest BCUT2D eigenvalue weighted by molar-refractivity contribution is 5.87. The average molecular weight is 271 g/mol. The molecule has 3 atom stereocenters.